The van der Waals surface area contributed by atoms with Crippen molar-refractivity contribution in [2.24, 2.45) is 11.8 Å². The molecule has 0 heterocycles. The Morgan fingerprint density at radius 1 is 1.00 bits per heavy atom. The van der Waals surface area contributed by atoms with E-state index in [0.29, 0.717) is 0 Å². The first kappa shape index (κ1) is 13.2. The van der Waals surface area contributed by atoms with Crippen LogP contribution in [0.25, 0.3) is 0 Å². The van der Waals surface area contributed by atoms with Crippen molar-refractivity contribution in [1.82, 2.24) is 0 Å². The van der Waals surface area contributed by atoms with Crippen LogP contribution in [0.1, 0.15) is 34.6 Å². The molecule has 0 saturated heterocycles. The minimum absolute atomic E-state index is 0.268. The Balaban J connectivity index is 3.87. The Morgan fingerprint density at radius 3 is 1.77 bits per heavy atom. The molecule has 0 aromatic heterocycles. The third-order valence-corrected chi connectivity index (χ3v) is 5.07. The van der Waals surface area contributed by atoms with Gasteiger partial charge in [-0.15, -0.1) is 7.92 Å². The maximum atomic E-state index is 2.34. The van der Waals surface area contributed by atoms with Crippen LogP contribution in [0.2, 0.25) is 0 Å². The molecule has 0 spiro atoms. The highest BCUT2D eigenvalue weighted by molar-refractivity contribution is 7.57. The first-order chi connectivity index (χ1) is 6.06. The van der Waals surface area contributed by atoms with Gasteiger partial charge in [0.2, 0.25) is 0 Å². The van der Waals surface area contributed by atoms with Gasteiger partial charge >= 0.3 is 0 Å². The third kappa shape index (κ3) is 8.50. The highest BCUT2D eigenvalue weighted by atomic mass is 31.1. The fraction of sp³-hybridized carbons (Fsp3) is 0.833. The zero-order valence-corrected chi connectivity index (χ0v) is 10.8. The van der Waals surface area contributed by atoms with Crippen molar-refractivity contribution in [2.45, 2.75) is 34.6 Å². The fourth-order valence-corrected chi connectivity index (χ4v) is 4.53. The van der Waals surface area contributed by atoms with E-state index in [1.807, 2.05) is 0 Å². The number of rotatable bonds is 6. The third-order valence-electron chi connectivity index (χ3n) is 1.85. The summed E-state index contributed by atoms with van der Waals surface area (Å²) >= 11 is 0. The fourth-order valence-electron chi connectivity index (χ4n) is 1.51. The van der Waals surface area contributed by atoms with Crippen LogP contribution in [0.15, 0.2) is 12.2 Å². The predicted octanol–water partition coefficient (Wildman–Crippen LogP) is 4.36. The molecule has 0 fully saturated rings. The molecule has 1 heteroatoms. The zero-order chi connectivity index (χ0) is 10.3. The quantitative estimate of drug-likeness (QED) is 0.441. The molecule has 0 radical (unpaired) electrons. The largest absolute Gasteiger partial charge is 0.102 e. The van der Waals surface area contributed by atoms with Gasteiger partial charge in [-0.2, -0.15) is 0 Å². The van der Waals surface area contributed by atoms with Gasteiger partial charge in [0.25, 0.3) is 0 Å². The molecule has 0 aliphatic heterocycles. The Hall–Kier alpha value is 0.170. The van der Waals surface area contributed by atoms with Gasteiger partial charge in [-0.3, -0.25) is 0 Å². The Kier molecular flexibility index (Phi) is 7.66. The van der Waals surface area contributed by atoms with E-state index in [2.05, 4.69) is 46.8 Å². The molecule has 0 bridgehead atoms. The van der Waals surface area contributed by atoms with Gasteiger partial charge in [0, 0.05) is 0 Å². The summed E-state index contributed by atoms with van der Waals surface area (Å²) in [6.07, 6.45) is 8.75. The Labute approximate surface area is 85.6 Å². The second-order valence-corrected chi connectivity index (χ2v) is 7.01. The van der Waals surface area contributed by atoms with E-state index in [1.54, 1.807) is 0 Å². The summed E-state index contributed by atoms with van der Waals surface area (Å²) in [4.78, 5) is 0. The number of hydrogen-bond acceptors (Lipinski definition) is 0. The van der Waals surface area contributed by atoms with Gasteiger partial charge in [-0.05, 0) is 37.2 Å². The van der Waals surface area contributed by atoms with E-state index in [0.717, 1.165) is 11.8 Å². The van der Waals surface area contributed by atoms with Gasteiger partial charge in [-0.25, -0.2) is 0 Å². The van der Waals surface area contributed by atoms with E-state index >= 15 is 0 Å². The van der Waals surface area contributed by atoms with Crippen molar-refractivity contribution >= 4 is 7.92 Å². The zero-order valence-electron chi connectivity index (χ0n) is 9.88. The standard InChI is InChI=1S/C12H25P/c1-6-7-8-13(9-11(2)3)10-12(4)5/h6-7,11-12H,8-10H2,1-5H3/b7-6+. The molecule has 0 aliphatic carbocycles. The molecule has 0 aliphatic rings. The molecule has 0 atom stereocenters. The van der Waals surface area contributed by atoms with Gasteiger partial charge in [0.15, 0.2) is 0 Å². The molecular formula is C12H25P. The van der Waals surface area contributed by atoms with Gasteiger partial charge < -0.3 is 0 Å². The van der Waals surface area contributed by atoms with Crippen LogP contribution in [0.3, 0.4) is 0 Å². The smallest absolute Gasteiger partial charge is 0.0145 e. The van der Waals surface area contributed by atoms with Gasteiger partial charge in [0.05, 0.1) is 0 Å². The van der Waals surface area contributed by atoms with E-state index in [1.165, 1.54) is 18.5 Å². The summed E-state index contributed by atoms with van der Waals surface area (Å²) in [6.45, 7) is 11.5. The minimum Gasteiger partial charge on any atom is -0.102 e. The van der Waals surface area contributed by atoms with Gasteiger partial charge in [0.1, 0.15) is 0 Å². The summed E-state index contributed by atoms with van der Waals surface area (Å²) in [5.41, 5.74) is 0. The van der Waals surface area contributed by atoms with Crippen molar-refractivity contribution in [3.63, 3.8) is 0 Å². The lowest BCUT2D eigenvalue weighted by Gasteiger charge is -2.20. The summed E-state index contributed by atoms with van der Waals surface area (Å²) in [7, 11) is 0.268. The van der Waals surface area contributed by atoms with Crippen LogP contribution in [0.5, 0.6) is 0 Å². The monoisotopic (exact) mass is 200 g/mol. The Bertz CT molecular complexity index is 126. The van der Waals surface area contributed by atoms with Crippen LogP contribution >= 0.6 is 7.92 Å². The lowest BCUT2D eigenvalue weighted by molar-refractivity contribution is 0.718. The molecule has 0 amide bonds. The SMILES string of the molecule is C/C=C/CP(CC(C)C)CC(C)C. The van der Waals surface area contributed by atoms with Crippen molar-refractivity contribution in [1.29, 1.82) is 0 Å². The molecule has 78 valence electrons. The predicted molar refractivity (Wildman–Crippen MR) is 66.0 cm³/mol. The molecule has 0 saturated carbocycles. The van der Waals surface area contributed by atoms with Crippen molar-refractivity contribution in [3.05, 3.63) is 12.2 Å². The second kappa shape index (κ2) is 7.56. The minimum atomic E-state index is 0.268. The highest BCUT2D eigenvalue weighted by Crippen LogP contribution is 2.39. The molecule has 13 heavy (non-hydrogen) atoms. The summed E-state index contributed by atoms with van der Waals surface area (Å²) in [6, 6.07) is 0. The van der Waals surface area contributed by atoms with Crippen LogP contribution in [0.4, 0.5) is 0 Å². The first-order valence-electron chi connectivity index (χ1n) is 5.39. The molecule has 0 rings (SSSR count). The van der Waals surface area contributed by atoms with E-state index in [4.69, 9.17) is 0 Å². The summed E-state index contributed by atoms with van der Waals surface area (Å²) in [5, 5.41) is 0. The number of allylic oxidation sites excluding steroid dienone is 2. The summed E-state index contributed by atoms with van der Waals surface area (Å²) < 4.78 is 0. The molecule has 0 unspecified atom stereocenters. The normalized spacial score (nSPS) is 12.6. The molecule has 0 aromatic rings. The molecule has 0 nitrogen and oxygen atoms in total. The van der Waals surface area contributed by atoms with Crippen LogP contribution < -0.4 is 0 Å². The van der Waals surface area contributed by atoms with E-state index < -0.39 is 0 Å². The van der Waals surface area contributed by atoms with Crippen molar-refractivity contribution < 1.29 is 0 Å². The Morgan fingerprint density at radius 2 is 1.46 bits per heavy atom. The van der Waals surface area contributed by atoms with Gasteiger partial charge in [-0.1, -0.05) is 39.8 Å². The average Bonchev–Trinajstić information content (AvgIpc) is 1.98. The maximum Gasteiger partial charge on any atom is -0.0145 e. The van der Waals surface area contributed by atoms with E-state index in [9.17, 15) is 0 Å². The average molecular weight is 200 g/mol. The van der Waals surface area contributed by atoms with E-state index in [-0.39, 0.29) is 7.92 Å². The lowest BCUT2D eigenvalue weighted by Crippen LogP contribution is -2.03. The molecule has 0 N–H and O–H groups in total. The maximum absolute atomic E-state index is 2.34. The van der Waals surface area contributed by atoms with Crippen molar-refractivity contribution in [2.75, 3.05) is 18.5 Å². The van der Waals surface area contributed by atoms with Crippen LogP contribution in [-0.4, -0.2) is 18.5 Å². The first-order valence-corrected chi connectivity index (χ1v) is 7.29. The lowest BCUT2D eigenvalue weighted by atomic mass is 10.3. The summed E-state index contributed by atoms with van der Waals surface area (Å²) in [5.74, 6) is 1.74. The molecular weight excluding hydrogens is 175 g/mol. The number of hydrogen-bond donors (Lipinski definition) is 0. The highest BCUT2D eigenvalue weighted by Gasteiger charge is 2.10. The second-order valence-electron chi connectivity index (χ2n) is 4.58. The van der Waals surface area contributed by atoms with Crippen molar-refractivity contribution in [3.8, 4) is 0 Å². The van der Waals surface area contributed by atoms with Crippen LogP contribution in [0, 0.1) is 11.8 Å². The topological polar surface area (TPSA) is 0 Å². The molecule has 0 aromatic carbocycles. The van der Waals surface area contributed by atoms with Crippen LogP contribution in [-0.2, 0) is 0 Å².